The molecule has 0 aliphatic carbocycles. The van der Waals surface area contributed by atoms with Crippen LogP contribution in [0.4, 0.5) is 0 Å². The van der Waals surface area contributed by atoms with E-state index >= 15 is 0 Å². The van der Waals surface area contributed by atoms with Gasteiger partial charge in [0.15, 0.2) is 6.29 Å². The van der Waals surface area contributed by atoms with Crippen molar-refractivity contribution >= 4 is 6.29 Å². The SMILES string of the molecule is CC/C=C(\C/C(=C\C/C=C\C/C=C\CCCCCC[C]=O)[N+](=O)[O-])[N+](=O)[O-]. The van der Waals surface area contributed by atoms with Crippen LogP contribution in [0.5, 0.6) is 0 Å². The molecule has 0 saturated heterocycles. The molecule has 0 aromatic heterocycles. The van der Waals surface area contributed by atoms with E-state index in [1.165, 1.54) is 12.2 Å². The molecule has 0 spiro atoms. The number of carbonyl (C=O) groups excluding carboxylic acids is 1. The highest BCUT2D eigenvalue weighted by Gasteiger charge is 2.20. The van der Waals surface area contributed by atoms with Crippen LogP contribution in [0.2, 0.25) is 0 Å². The summed E-state index contributed by atoms with van der Waals surface area (Å²) in [5.74, 6) is 0. The van der Waals surface area contributed by atoms with E-state index in [9.17, 15) is 25.0 Å². The average Bonchev–Trinajstić information content (AvgIpc) is 2.63. The van der Waals surface area contributed by atoms with E-state index in [1.807, 2.05) is 24.5 Å². The van der Waals surface area contributed by atoms with Crippen molar-refractivity contribution in [3.05, 3.63) is 68.1 Å². The molecule has 0 saturated carbocycles. The predicted octanol–water partition coefficient (Wildman–Crippen LogP) is 5.45. The van der Waals surface area contributed by atoms with Gasteiger partial charge in [0, 0.05) is 6.42 Å². The average molecular weight is 377 g/mol. The third-order valence-electron chi connectivity index (χ3n) is 3.77. The van der Waals surface area contributed by atoms with Crippen molar-refractivity contribution in [1.82, 2.24) is 0 Å². The van der Waals surface area contributed by atoms with Crippen molar-refractivity contribution in [2.75, 3.05) is 0 Å². The Kier molecular flexibility index (Phi) is 15.3. The number of hydrogen-bond acceptors (Lipinski definition) is 5. The standard InChI is InChI=1S/C20H29N2O5/c1-2-15-19(21(24)25)18-20(22(26)27)16-13-11-9-7-5-3-4-6-8-10-12-14-17-23/h3,5,9,11,15-16H,2,4,6-8,10,12-14,18H2,1H3/b5-3-,11-9-,19-15+,20-16+. The molecule has 0 aliphatic heterocycles. The van der Waals surface area contributed by atoms with Crippen molar-refractivity contribution in [2.24, 2.45) is 0 Å². The van der Waals surface area contributed by atoms with Gasteiger partial charge in [-0.15, -0.1) is 0 Å². The fourth-order valence-electron chi connectivity index (χ4n) is 2.35. The maximum atomic E-state index is 11.0. The minimum atomic E-state index is -0.567. The summed E-state index contributed by atoms with van der Waals surface area (Å²) in [5.41, 5.74) is -0.296. The third kappa shape index (κ3) is 14.3. The van der Waals surface area contributed by atoms with Crippen LogP contribution in [-0.4, -0.2) is 16.1 Å². The number of nitro groups is 2. The fraction of sp³-hybridized carbons (Fsp3) is 0.550. The van der Waals surface area contributed by atoms with Gasteiger partial charge >= 0.3 is 0 Å². The van der Waals surface area contributed by atoms with Gasteiger partial charge in [0.05, 0.1) is 9.85 Å². The summed E-state index contributed by atoms with van der Waals surface area (Å²) in [6.45, 7) is 1.75. The first-order valence-corrected chi connectivity index (χ1v) is 9.34. The second-order valence-corrected chi connectivity index (χ2v) is 6.00. The van der Waals surface area contributed by atoms with Gasteiger partial charge in [-0.25, -0.2) is 0 Å². The Labute approximate surface area is 160 Å². The first-order chi connectivity index (χ1) is 13.0. The number of allylic oxidation sites excluding steroid dienone is 6. The molecule has 0 heterocycles. The Morgan fingerprint density at radius 1 is 0.852 bits per heavy atom. The Hall–Kier alpha value is -2.57. The van der Waals surface area contributed by atoms with Crippen LogP contribution in [0.3, 0.4) is 0 Å². The molecule has 0 bridgehead atoms. The summed E-state index contributed by atoms with van der Waals surface area (Å²) < 4.78 is 0. The monoisotopic (exact) mass is 377 g/mol. The topological polar surface area (TPSA) is 103 Å². The van der Waals surface area contributed by atoms with E-state index in [4.69, 9.17) is 0 Å². The Morgan fingerprint density at radius 3 is 2.07 bits per heavy atom. The summed E-state index contributed by atoms with van der Waals surface area (Å²) in [4.78, 5) is 30.9. The normalized spacial score (nSPS) is 12.8. The lowest BCUT2D eigenvalue weighted by Gasteiger charge is -1.97. The molecule has 0 rings (SSSR count). The Balaban J connectivity index is 4.18. The molecule has 7 nitrogen and oxygen atoms in total. The quantitative estimate of drug-likeness (QED) is 0.154. The van der Waals surface area contributed by atoms with Gasteiger partial charge in [-0.1, -0.05) is 44.1 Å². The largest absolute Gasteiger partial charge is 0.291 e. The van der Waals surface area contributed by atoms with Gasteiger partial charge < -0.3 is 0 Å². The molecular formula is C20H29N2O5. The van der Waals surface area contributed by atoms with E-state index in [0.717, 1.165) is 38.5 Å². The number of rotatable bonds is 16. The van der Waals surface area contributed by atoms with E-state index in [-0.39, 0.29) is 17.8 Å². The molecule has 0 aromatic carbocycles. The second kappa shape index (κ2) is 16.9. The van der Waals surface area contributed by atoms with Crippen LogP contribution in [0.1, 0.15) is 71.1 Å². The van der Waals surface area contributed by atoms with Crippen LogP contribution >= 0.6 is 0 Å². The summed E-state index contributed by atoms with van der Waals surface area (Å²) in [6.07, 6.45) is 19.6. The van der Waals surface area contributed by atoms with Gasteiger partial charge in [-0.2, -0.15) is 0 Å². The van der Waals surface area contributed by atoms with Crippen molar-refractivity contribution in [3.8, 4) is 0 Å². The van der Waals surface area contributed by atoms with E-state index in [2.05, 4.69) is 6.08 Å². The minimum absolute atomic E-state index is 0.142. The van der Waals surface area contributed by atoms with E-state index in [0.29, 0.717) is 19.3 Å². The highest BCUT2D eigenvalue weighted by molar-refractivity contribution is 5.50. The van der Waals surface area contributed by atoms with Crippen molar-refractivity contribution in [3.63, 3.8) is 0 Å². The molecule has 27 heavy (non-hydrogen) atoms. The molecular weight excluding hydrogens is 348 g/mol. The molecule has 7 heteroatoms. The molecule has 149 valence electrons. The smallest absolute Gasteiger partial charge is 0.253 e. The molecule has 0 aromatic rings. The summed E-state index contributed by atoms with van der Waals surface area (Å²) in [7, 11) is 0. The zero-order valence-electron chi connectivity index (χ0n) is 16.0. The second-order valence-electron chi connectivity index (χ2n) is 6.00. The molecule has 0 amide bonds. The molecule has 1 radical (unpaired) electrons. The zero-order valence-corrected chi connectivity index (χ0v) is 16.0. The van der Waals surface area contributed by atoms with Crippen molar-refractivity contribution in [1.29, 1.82) is 0 Å². The van der Waals surface area contributed by atoms with Gasteiger partial charge in [-0.05, 0) is 50.7 Å². The van der Waals surface area contributed by atoms with E-state index in [1.54, 1.807) is 6.92 Å². The van der Waals surface area contributed by atoms with E-state index < -0.39 is 9.85 Å². The lowest BCUT2D eigenvalue weighted by Crippen LogP contribution is -2.06. The van der Waals surface area contributed by atoms with Crippen molar-refractivity contribution in [2.45, 2.75) is 71.1 Å². The molecule has 0 unspecified atom stereocenters. The van der Waals surface area contributed by atoms with Gasteiger partial charge in [-0.3, -0.25) is 25.0 Å². The van der Waals surface area contributed by atoms with Crippen LogP contribution in [0.15, 0.2) is 47.9 Å². The zero-order chi connectivity index (χ0) is 20.3. The molecule has 0 N–H and O–H groups in total. The number of unbranched alkanes of at least 4 members (excludes halogenated alkanes) is 5. The van der Waals surface area contributed by atoms with Gasteiger partial charge in [0.2, 0.25) is 0 Å². The lowest BCUT2D eigenvalue weighted by atomic mass is 10.1. The van der Waals surface area contributed by atoms with Crippen LogP contribution in [0, 0.1) is 20.2 Å². The number of hydrogen-bond donors (Lipinski definition) is 0. The maximum absolute atomic E-state index is 11.0. The van der Waals surface area contributed by atoms with Gasteiger partial charge in [0.1, 0.15) is 6.42 Å². The third-order valence-corrected chi connectivity index (χ3v) is 3.77. The number of nitrogens with zero attached hydrogens (tertiary/aromatic N) is 2. The molecule has 0 fully saturated rings. The van der Waals surface area contributed by atoms with Gasteiger partial charge in [0.25, 0.3) is 11.4 Å². The molecule has 0 atom stereocenters. The summed E-state index contributed by atoms with van der Waals surface area (Å²) >= 11 is 0. The van der Waals surface area contributed by atoms with Crippen LogP contribution < -0.4 is 0 Å². The summed E-state index contributed by atoms with van der Waals surface area (Å²) in [6, 6.07) is 0. The predicted molar refractivity (Wildman–Crippen MR) is 106 cm³/mol. The maximum Gasteiger partial charge on any atom is 0.253 e. The first-order valence-electron chi connectivity index (χ1n) is 9.34. The lowest BCUT2D eigenvalue weighted by molar-refractivity contribution is -0.450. The van der Waals surface area contributed by atoms with Crippen LogP contribution in [-0.2, 0) is 4.79 Å². The molecule has 0 aliphatic rings. The highest BCUT2D eigenvalue weighted by Crippen LogP contribution is 2.14. The first kappa shape index (κ1) is 24.4. The highest BCUT2D eigenvalue weighted by atomic mass is 16.6. The van der Waals surface area contributed by atoms with Crippen LogP contribution in [0.25, 0.3) is 0 Å². The Bertz CT molecular complexity index is 577. The summed E-state index contributed by atoms with van der Waals surface area (Å²) in [5, 5.41) is 21.9. The Morgan fingerprint density at radius 2 is 1.44 bits per heavy atom. The fourth-order valence-corrected chi connectivity index (χ4v) is 2.35. The van der Waals surface area contributed by atoms with Crippen molar-refractivity contribution < 1.29 is 14.6 Å². The minimum Gasteiger partial charge on any atom is -0.291 e.